The van der Waals surface area contributed by atoms with Crippen LogP contribution >= 0.6 is 11.3 Å². The highest BCUT2D eigenvalue weighted by Crippen LogP contribution is 2.25. The normalized spacial score (nSPS) is 17.7. The van der Waals surface area contributed by atoms with E-state index in [1.807, 2.05) is 29.6 Å². The standard InChI is InChI=1S/C18H24N4OS/c1-2-3-10-19-18(23)14-6-4-11-22(13-14)17-9-8-15(20-21-17)16-7-5-12-24-16/h5,7-9,12,14H,2-4,6,10-11,13H2,1H3,(H,19,23). The van der Waals surface area contributed by atoms with Crippen molar-refractivity contribution >= 4 is 23.1 Å². The van der Waals surface area contributed by atoms with E-state index < -0.39 is 0 Å². The third-order valence-corrected chi connectivity index (χ3v) is 5.26. The molecule has 6 heteroatoms. The lowest BCUT2D eigenvalue weighted by molar-refractivity contribution is -0.125. The molecule has 2 aromatic rings. The number of hydrogen-bond acceptors (Lipinski definition) is 5. The number of amides is 1. The van der Waals surface area contributed by atoms with E-state index in [-0.39, 0.29) is 11.8 Å². The van der Waals surface area contributed by atoms with Gasteiger partial charge in [0.05, 0.1) is 10.8 Å². The summed E-state index contributed by atoms with van der Waals surface area (Å²) in [6.45, 7) is 4.57. The number of carbonyl (C=O) groups is 1. The van der Waals surface area contributed by atoms with Crippen molar-refractivity contribution < 1.29 is 4.79 Å². The van der Waals surface area contributed by atoms with Gasteiger partial charge in [0.2, 0.25) is 5.91 Å². The summed E-state index contributed by atoms with van der Waals surface area (Å²) in [4.78, 5) is 15.6. The average Bonchev–Trinajstić information content (AvgIpc) is 3.17. The molecule has 1 fully saturated rings. The van der Waals surface area contributed by atoms with Gasteiger partial charge in [0.25, 0.3) is 0 Å². The fourth-order valence-electron chi connectivity index (χ4n) is 2.98. The number of piperidine rings is 1. The van der Waals surface area contributed by atoms with Gasteiger partial charge in [-0.15, -0.1) is 21.5 Å². The SMILES string of the molecule is CCCCNC(=O)C1CCCN(c2ccc(-c3cccs3)nn2)C1. The predicted molar refractivity (Wildman–Crippen MR) is 98.2 cm³/mol. The Morgan fingerprint density at radius 1 is 1.38 bits per heavy atom. The van der Waals surface area contributed by atoms with Gasteiger partial charge in [-0.2, -0.15) is 0 Å². The number of anilines is 1. The summed E-state index contributed by atoms with van der Waals surface area (Å²) in [6.07, 6.45) is 4.11. The van der Waals surface area contributed by atoms with Crippen molar-refractivity contribution in [1.82, 2.24) is 15.5 Å². The summed E-state index contributed by atoms with van der Waals surface area (Å²) in [6, 6.07) is 8.09. The van der Waals surface area contributed by atoms with Gasteiger partial charge in [-0.25, -0.2) is 0 Å². The van der Waals surface area contributed by atoms with Gasteiger partial charge < -0.3 is 10.2 Å². The van der Waals surface area contributed by atoms with Crippen molar-refractivity contribution in [3.63, 3.8) is 0 Å². The Balaban J connectivity index is 1.61. The monoisotopic (exact) mass is 344 g/mol. The van der Waals surface area contributed by atoms with Crippen LogP contribution in [0.2, 0.25) is 0 Å². The molecule has 1 atom stereocenters. The van der Waals surface area contributed by atoms with Crippen LogP contribution in [-0.4, -0.2) is 35.7 Å². The zero-order chi connectivity index (χ0) is 16.8. The Morgan fingerprint density at radius 3 is 3.00 bits per heavy atom. The molecule has 0 aromatic carbocycles. The van der Waals surface area contributed by atoms with E-state index in [0.29, 0.717) is 0 Å². The highest BCUT2D eigenvalue weighted by Gasteiger charge is 2.26. The zero-order valence-electron chi connectivity index (χ0n) is 14.1. The predicted octanol–water partition coefficient (Wildman–Crippen LogP) is 3.34. The maximum Gasteiger partial charge on any atom is 0.224 e. The Hall–Kier alpha value is -1.95. The van der Waals surface area contributed by atoms with Crippen molar-refractivity contribution in [3.05, 3.63) is 29.6 Å². The first-order valence-corrected chi connectivity index (χ1v) is 9.56. The van der Waals surface area contributed by atoms with Crippen LogP contribution in [0.3, 0.4) is 0 Å². The summed E-state index contributed by atoms with van der Waals surface area (Å²) < 4.78 is 0. The quantitative estimate of drug-likeness (QED) is 0.817. The van der Waals surface area contributed by atoms with Crippen LogP contribution in [0.5, 0.6) is 0 Å². The lowest BCUT2D eigenvalue weighted by Crippen LogP contribution is -2.43. The Kier molecular flexibility index (Phi) is 5.80. The number of thiophene rings is 1. The number of nitrogens with one attached hydrogen (secondary N) is 1. The van der Waals surface area contributed by atoms with Gasteiger partial charge in [-0.1, -0.05) is 19.4 Å². The summed E-state index contributed by atoms with van der Waals surface area (Å²) >= 11 is 1.66. The third-order valence-electron chi connectivity index (χ3n) is 4.37. The summed E-state index contributed by atoms with van der Waals surface area (Å²) in [7, 11) is 0. The Bertz CT molecular complexity index is 642. The second kappa shape index (κ2) is 8.24. The van der Waals surface area contributed by atoms with Crippen molar-refractivity contribution in [2.75, 3.05) is 24.5 Å². The highest BCUT2D eigenvalue weighted by molar-refractivity contribution is 7.13. The molecular formula is C18H24N4OS. The van der Waals surface area contributed by atoms with E-state index in [1.54, 1.807) is 11.3 Å². The smallest absolute Gasteiger partial charge is 0.224 e. The lowest BCUT2D eigenvalue weighted by Gasteiger charge is -2.32. The third kappa shape index (κ3) is 4.12. The lowest BCUT2D eigenvalue weighted by atomic mass is 9.97. The van der Waals surface area contributed by atoms with Crippen molar-refractivity contribution in [3.8, 4) is 10.6 Å². The maximum absolute atomic E-state index is 12.3. The molecule has 0 aliphatic carbocycles. The van der Waals surface area contributed by atoms with Gasteiger partial charge >= 0.3 is 0 Å². The molecule has 1 aliphatic rings. The van der Waals surface area contributed by atoms with Crippen LogP contribution in [-0.2, 0) is 4.79 Å². The van der Waals surface area contributed by atoms with E-state index in [9.17, 15) is 4.79 Å². The van der Waals surface area contributed by atoms with E-state index in [2.05, 4.69) is 27.3 Å². The molecule has 1 unspecified atom stereocenters. The minimum absolute atomic E-state index is 0.0504. The first-order valence-electron chi connectivity index (χ1n) is 8.68. The molecule has 3 heterocycles. The fourth-order valence-corrected chi connectivity index (χ4v) is 3.67. The summed E-state index contributed by atoms with van der Waals surface area (Å²) in [5.41, 5.74) is 0.902. The number of rotatable bonds is 6. The molecule has 3 rings (SSSR count). The first-order chi connectivity index (χ1) is 11.8. The van der Waals surface area contributed by atoms with Gasteiger partial charge in [-0.3, -0.25) is 4.79 Å². The number of nitrogens with zero attached hydrogens (tertiary/aromatic N) is 3. The second-order valence-electron chi connectivity index (χ2n) is 6.18. The molecular weight excluding hydrogens is 320 g/mol. The maximum atomic E-state index is 12.3. The minimum atomic E-state index is 0.0504. The van der Waals surface area contributed by atoms with Crippen molar-refractivity contribution in [2.45, 2.75) is 32.6 Å². The van der Waals surface area contributed by atoms with Crippen LogP contribution < -0.4 is 10.2 Å². The van der Waals surface area contributed by atoms with E-state index >= 15 is 0 Å². The first kappa shape index (κ1) is 16.9. The molecule has 1 amide bonds. The van der Waals surface area contributed by atoms with Crippen LogP contribution in [0.4, 0.5) is 5.82 Å². The topological polar surface area (TPSA) is 58.1 Å². The fraction of sp³-hybridized carbons (Fsp3) is 0.500. The molecule has 128 valence electrons. The van der Waals surface area contributed by atoms with E-state index in [0.717, 1.165) is 61.7 Å². The van der Waals surface area contributed by atoms with Crippen LogP contribution in [0.25, 0.3) is 10.6 Å². The molecule has 24 heavy (non-hydrogen) atoms. The minimum Gasteiger partial charge on any atom is -0.356 e. The number of aromatic nitrogens is 2. The van der Waals surface area contributed by atoms with Crippen molar-refractivity contribution in [1.29, 1.82) is 0 Å². The molecule has 1 saturated heterocycles. The van der Waals surface area contributed by atoms with Gasteiger partial charge in [0.15, 0.2) is 5.82 Å². The molecule has 5 nitrogen and oxygen atoms in total. The van der Waals surface area contributed by atoms with Gasteiger partial charge in [0.1, 0.15) is 5.69 Å². The highest BCUT2D eigenvalue weighted by atomic mass is 32.1. The zero-order valence-corrected chi connectivity index (χ0v) is 14.9. The summed E-state index contributed by atoms with van der Waals surface area (Å²) in [5, 5.41) is 13.8. The van der Waals surface area contributed by atoms with Crippen LogP contribution in [0.15, 0.2) is 29.6 Å². The van der Waals surface area contributed by atoms with E-state index in [4.69, 9.17) is 0 Å². The number of carbonyl (C=O) groups excluding carboxylic acids is 1. The molecule has 1 N–H and O–H groups in total. The molecule has 0 bridgehead atoms. The molecule has 1 aliphatic heterocycles. The average molecular weight is 344 g/mol. The van der Waals surface area contributed by atoms with Crippen molar-refractivity contribution in [2.24, 2.45) is 5.92 Å². The Morgan fingerprint density at radius 2 is 2.29 bits per heavy atom. The van der Waals surface area contributed by atoms with Crippen LogP contribution in [0.1, 0.15) is 32.6 Å². The number of unbranched alkanes of at least 4 members (excludes halogenated alkanes) is 1. The Labute approximate surface area is 147 Å². The van der Waals surface area contributed by atoms with Gasteiger partial charge in [0, 0.05) is 19.6 Å². The molecule has 2 aromatic heterocycles. The second-order valence-corrected chi connectivity index (χ2v) is 7.13. The largest absolute Gasteiger partial charge is 0.356 e. The number of hydrogen-bond donors (Lipinski definition) is 1. The molecule has 0 radical (unpaired) electrons. The van der Waals surface area contributed by atoms with Gasteiger partial charge in [-0.05, 0) is 42.8 Å². The van der Waals surface area contributed by atoms with E-state index in [1.165, 1.54) is 0 Å². The molecule has 0 spiro atoms. The summed E-state index contributed by atoms with van der Waals surface area (Å²) in [5.74, 6) is 1.09. The van der Waals surface area contributed by atoms with Crippen LogP contribution in [0, 0.1) is 5.92 Å². The molecule has 0 saturated carbocycles.